The number of fused-ring (bicyclic) bond motifs is 1. The number of amides is 3. The van der Waals surface area contributed by atoms with E-state index in [1.807, 2.05) is 46.3 Å². The number of allylic oxidation sites excluding steroid dienone is 1. The van der Waals surface area contributed by atoms with Crippen LogP contribution in [0.25, 0.3) is 5.57 Å². The summed E-state index contributed by atoms with van der Waals surface area (Å²) in [6.45, 7) is 3.82. The molecule has 29 heavy (non-hydrogen) atoms. The van der Waals surface area contributed by atoms with Crippen molar-refractivity contribution in [2.45, 2.75) is 18.6 Å². The van der Waals surface area contributed by atoms with Crippen LogP contribution in [-0.2, 0) is 9.53 Å². The lowest BCUT2D eigenvalue weighted by molar-refractivity contribution is -0.139. The Balaban J connectivity index is 1.32. The van der Waals surface area contributed by atoms with Crippen molar-refractivity contribution in [3.05, 3.63) is 42.1 Å². The molecule has 8 nitrogen and oxygen atoms in total. The Labute approximate surface area is 170 Å². The first-order chi connectivity index (χ1) is 14.1. The summed E-state index contributed by atoms with van der Waals surface area (Å²) < 4.78 is 5.56. The van der Waals surface area contributed by atoms with Crippen molar-refractivity contribution in [2.75, 3.05) is 45.9 Å². The highest BCUT2D eigenvalue weighted by atomic mass is 16.5. The number of piperidine rings is 1. The van der Waals surface area contributed by atoms with Gasteiger partial charge in [0.25, 0.3) is 0 Å². The predicted octanol–water partition coefficient (Wildman–Crippen LogP) is 0.878. The first kappa shape index (κ1) is 19.3. The highest BCUT2D eigenvalue weighted by Crippen LogP contribution is 2.20. The van der Waals surface area contributed by atoms with Crippen molar-refractivity contribution >= 4 is 17.5 Å². The van der Waals surface area contributed by atoms with Crippen molar-refractivity contribution in [3.8, 4) is 6.07 Å². The highest BCUT2D eigenvalue weighted by Gasteiger charge is 2.37. The highest BCUT2D eigenvalue weighted by molar-refractivity contribution is 5.79. The minimum Gasteiger partial charge on any atom is -0.373 e. The molecule has 2 unspecified atom stereocenters. The van der Waals surface area contributed by atoms with Gasteiger partial charge in [-0.25, -0.2) is 4.79 Å². The fourth-order valence-electron chi connectivity index (χ4n) is 4.08. The number of ether oxygens (including phenoxy) is 1. The Bertz CT molecular complexity index is 826. The van der Waals surface area contributed by atoms with Gasteiger partial charge in [-0.2, -0.15) is 5.26 Å². The second kappa shape index (κ2) is 8.53. The van der Waals surface area contributed by atoms with Gasteiger partial charge in [-0.15, -0.1) is 0 Å². The van der Waals surface area contributed by atoms with E-state index in [0.717, 1.165) is 12.0 Å². The molecule has 1 aromatic carbocycles. The third kappa shape index (κ3) is 4.35. The Hall–Kier alpha value is -3.05. The normalized spacial score (nSPS) is 25.1. The number of nitriles is 1. The van der Waals surface area contributed by atoms with E-state index in [2.05, 4.69) is 16.3 Å². The molecule has 2 atom stereocenters. The number of rotatable bonds is 2. The average Bonchev–Trinajstić information content (AvgIpc) is 2.77. The smallest absolute Gasteiger partial charge is 0.320 e. The Morgan fingerprint density at radius 3 is 2.62 bits per heavy atom. The van der Waals surface area contributed by atoms with E-state index < -0.39 is 0 Å². The lowest BCUT2D eigenvalue weighted by Crippen LogP contribution is -2.63. The van der Waals surface area contributed by atoms with Gasteiger partial charge < -0.3 is 24.8 Å². The molecule has 8 heteroatoms. The summed E-state index contributed by atoms with van der Waals surface area (Å²) in [4.78, 5) is 30.2. The molecule has 0 radical (unpaired) electrons. The lowest BCUT2D eigenvalue weighted by atomic mass is 10.0. The van der Waals surface area contributed by atoms with E-state index in [1.54, 1.807) is 0 Å². The Morgan fingerprint density at radius 2 is 1.90 bits per heavy atom. The third-order valence-corrected chi connectivity index (χ3v) is 5.70. The van der Waals surface area contributed by atoms with Crippen molar-refractivity contribution in [1.82, 2.24) is 20.0 Å². The molecule has 3 fully saturated rings. The van der Waals surface area contributed by atoms with Crippen LogP contribution in [0.2, 0.25) is 0 Å². The lowest BCUT2D eigenvalue weighted by Gasteiger charge is -2.43. The molecule has 1 N–H and O–H groups in total. The van der Waals surface area contributed by atoms with Crippen LogP contribution in [0, 0.1) is 11.3 Å². The van der Waals surface area contributed by atoms with Gasteiger partial charge in [0, 0.05) is 45.5 Å². The van der Waals surface area contributed by atoms with Crippen LogP contribution in [0.4, 0.5) is 4.79 Å². The van der Waals surface area contributed by atoms with Crippen LogP contribution in [0.5, 0.6) is 0 Å². The summed E-state index contributed by atoms with van der Waals surface area (Å²) in [5.74, 6) is -0.118. The van der Waals surface area contributed by atoms with E-state index >= 15 is 0 Å². The zero-order valence-electron chi connectivity index (χ0n) is 16.3. The monoisotopic (exact) mass is 395 g/mol. The number of hydrogen-bond donors (Lipinski definition) is 1. The number of urea groups is 1. The van der Waals surface area contributed by atoms with Crippen molar-refractivity contribution in [1.29, 1.82) is 5.26 Å². The summed E-state index contributed by atoms with van der Waals surface area (Å²) in [7, 11) is 0. The van der Waals surface area contributed by atoms with Gasteiger partial charge in [0.2, 0.25) is 5.91 Å². The predicted molar refractivity (Wildman–Crippen MR) is 106 cm³/mol. The van der Waals surface area contributed by atoms with Crippen LogP contribution in [-0.4, -0.2) is 84.7 Å². The van der Waals surface area contributed by atoms with Gasteiger partial charge in [-0.1, -0.05) is 30.3 Å². The molecule has 0 saturated carbocycles. The standard InChI is InChI=1S/C21H25N5O3/c22-12-17(16-4-2-1-3-5-16)13-24-8-10-25(11-9-24)21(28)26-7-6-19-18(14-26)23-20(27)15-29-19/h1-5,13,18-19H,6-11,14-15H2,(H,23,27). The molecule has 0 aliphatic carbocycles. The Morgan fingerprint density at radius 1 is 1.14 bits per heavy atom. The number of nitrogens with one attached hydrogen (secondary N) is 1. The van der Waals surface area contributed by atoms with E-state index in [-0.39, 0.29) is 30.7 Å². The van der Waals surface area contributed by atoms with Crippen LogP contribution in [0.15, 0.2) is 36.5 Å². The molecule has 0 bridgehead atoms. The second-order valence-electron chi connectivity index (χ2n) is 7.58. The number of morpholine rings is 1. The zero-order chi connectivity index (χ0) is 20.2. The van der Waals surface area contributed by atoms with Crippen LogP contribution >= 0.6 is 0 Å². The number of benzene rings is 1. The second-order valence-corrected chi connectivity index (χ2v) is 7.58. The van der Waals surface area contributed by atoms with Crippen LogP contribution in [0.3, 0.4) is 0 Å². The summed E-state index contributed by atoms with van der Waals surface area (Å²) >= 11 is 0. The molecule has 4 rings (SSSR count). The van der Waals surface area contributed by atoms with Crippen molar-refractivity contribution in [2.24, 2.45) is 0 Å². The maximum Gasteiger partial charge on any atom is 0.320 e. The van der Waals surface area contributed by atoms with Crippen molar-refractivity contribution < 1.29 is 14.3 Å². The molecule has 0 spiro atoms. The van der Waals surface area contributed by atoms with Crippen LogP contribution in [0.1, 0.15) is 12.0 Å². The Kier molecular flexibility index (Phi) is 5.67. The maximum absolute atomic E-state index is 12.9. The molecular formula is C21H25N5O3. The first-order valence-electron chi connectivity index (χ1n) is 10.0. The SMILES string of the molecule is N#CC(=CN1CCN(C(=O)N2CCC3OCC(=O)NC3C2)CC1)c1ccccc1. The fraction of sp³-hybridized carbons (Fsp3) is 0.476. The van der Waals surface area contributed by atoms with Gasteiger partial charge in [0.1, 0.15) is 12.7 Å². The van der Waals surface area contributed by atoms with E-state index in [4.69, 9.17) is 4.74 Å². The van der Waals surface area contributed by atoms with Gasteiger partial charge >= 0.3 is 6.03 Å². The molecule has 3 aliphatic heterocycles. The number of carbonyl (C=O) groups excluding carboxylic acids is 2. The topological polar surface area (TPSA) is 88.9 Å². The maximum atomic E-state index is 12.9. The van der Waals surface area contributed by atoms with Crippen LogP contribution < -0.4 is 5.32 Å². The summed E-state index contributed by atoms with van der Waals surface area (Å²) in [6, 6.07) is 11.8. The molecule has 3 aliphatic rings. The largest absolute Gasteiger partial charge is 0.373 e. The number of carbonyl (C=O) groups is 2. The molecule has 3 heterocycles. The van der Waals surface area contributed by atoms with E-state index in [1.165, 1.54) is 0 Å². The summed E-state index contributed by atoms with van der Waals surface area (Å²) in [6.07, 6.45) is 2.63. The molecule has 1 aromatic rings. The van der Waals surface area contributed by atoms with Gasteiger partial charge in [-0.3, -0.25) is 4.79 Å². The fourth-order valence-corrected chi connectivity index (χ4v) is 4.08. The van der Waals surface area contributed by atoms with E-state index in [9.17, 15) is 14.9 Å². The quantitative estimate of drug-likeness (QED) is 0.751. The molecular weight excluding hydrogens is 370 g/mol. The molecule has 152 valence electrons. The van der Waals surface area contributed by atoms with Gasteiger partial charge in [0.05, 0.1) is 17.7 Å². The molecule has 3 saturated heterocycles. The molecule has 3 amide bonds. The zero-order valence-corrected chi connectivity index (χ0v) is 16.3. The molecule has 0 aromatic heterocycles. The number of piperazine rings is 1. The first-order valence-corrected chi connectivity index (χ1v) is 10.0. The summed E-state index contributed by atoms with van der Waals surface area (Å²) in [5.41, 5.74) is 1.52. The summed E-state index contributed by atoms with van der Waals surface area (Å²) in [5, 5.41) is 12.4. The average molecular weight is 395 g/mol. The minimum absolute atomic E-state index is 0.00104. The van der Waals surface area contributed by atoms with E-state index in [0.29, 0.717) is 44.8 Å². The number of nitrogens with zero attached hydrogens (tertiary/aromatic N) is 4. The van der Waals surface area contributed by atoms with Gasteiger partial charge in [0.15, 0.2) is 0 Å². The van der Waals surface area contributed by atoms with Crippen molar-refractivity contribution in [3.63, 3.8) is 0 Å². The van der Waals surface area contributed by atoms with Gasteiger partial charge in [-0.05, 0) is 12.0 Å². The minimum atomic E-state index is -0.123. The number of likely N-dealkylation sites (tertiary alicyclic amines) is 1. The third-order valence-electron chi connectivity index (χ3n) is 5.70. The number of hydrogen-bond acceptors (Lipinski definition) is 5.